The average molecular weight is 547 g/mol. The fraction of sp³-hybridized carbons (Fsp3) is 0.481. The molecule has 3 rings (SSSR count). The summed E-state index contributed by atoms with van der Waals surface area (Å²) in [6, 6.07) is 10.5. The molecule has 1 aliphatic rings. The van der Waals surface area contributed by atoms with Crippen LogP contribution >= 0.6 is 0 Å². The van der Waals surface area contributed by atoms with Gasteiger partial charge in [-0.25, -0.2) is 13.2 Å². The Balaban J connectivity index is 1.94. The van der Waals surface area contributed by atoms with E-state index in [1.165, 1.54) is 17.4 Å². The molecular formula is C27H38N4O6S. The predicted octanol–water partition coefficient (Wildman–Crippen LogP) is 3.07. The van der Waals surface area contributed by atoms with Crippen molar-refractivity contribution in [2.24, 2.45) is 5.92 Å². The van der Waals surface area contributed by atoms with Crippen molar-refractivity contribution < 1.29 is 27.9 Å². The fourth-order valence-electron chi connectivity index (χ4n) is 4.19. The first-order chi connectivity index (χ1) is 17.8. The Morgan fingerprint density at radius 1 is 1.18 bits per heavy atom. The standard InChI is InChI=1S/C27H38N4O6S/c1-17(2)28-27(34)29-21-9-12-24-23(13-21)26(33)31(20(5)16-32)14-19(4)25(37-24)15-30(6)38(35,36)22-10-7-18(3)8-11-22/h7-13,17,19-20,25,32H,14-16H2,1-6H3,(H2,28,29,34)/t19-,20-,25-/m1/s1. The van der Waals surface area contributed by atoms with E-state index in [9.17, 15) is 23.1 Å². The molecular weight excluding hydrogens is 508 g/mol. The summed E-state index contributed by atoms with van der Waals surface area (Å²) in [5, 5.41) is 15.3. The van der Waals surface area contributed by atoms with Crippen molar-refractivity contribution in [2.75, 3.05) is 32.1 Å². The highest BCUT2D eigenvalue weighted by atomic mass is 32.2. The van der Waals surface area contributed by atoms with Gasteiger partial charge in [0.05, 0.1) is 29.7 Å². The molecule has 0 aromatic heterocycles. The number of aliphatic hydroxyl groups excluding tert-OH is 1. The summed E-state index contributed by atoms with van der Waals surface area (Å²) >= 11 is 0. The van der Waals surface area contributed by atoms with E-state index in [1.54, 1.807) is 48.2 Å². The Kier molecular flexibility index (Phi) is 9.40. The smallest absolute Gasteiger partial charge is 0.319 e. The third-order valence-corrected chi connectivity index (χ3v) is 8.35. The van der Waals surface area contributed by atoms with E-state index < -0.39 is 28.2 Å². The summed E-state index contributed by atoms with van der Waals surface area (Å²) in [5.41, 5.74) is 1.58. The van der Waals surface area contributed by atoms with Gasteiger partial charge in [-0.15, -0.1) is 0 Å². The zero-order valence-corrected chi connectivity index (χ0v) is 23.6. The molecule has 208 valence electrons. The molecule has 10 nitrogen and oxygen atoms in total. The first-order valence-electron chi connectivity index (χ1n) is 12.7. The van der Waals surface area contributed by atoms with Crippen molar-refractivity contribution in [3.63, 3.8) is 0 Å². The Hall–Kier alpha value is -3.15. The lowest BCUT2D eigenvalue weighted by Crippen LogP contribution is -2.50. The van der Waals surface area contributed by atoms with Crippen molar-refractivity contribution in [1.29, 1.82) is 0 Å². The highest BCUT2D eigenvalue weighted by Gasteiger charge is 2.35. The topological polar surface area (TPSA) is 128 Å². The van der Waals surface area contributed by atoms with E-state index in [-0.39, 0.29) is 53.8 Å². The zero-order chi connectivity index (χ0) is 28.2. The summed E-state index contributed by atoms with van der Waals surface area (Å²) in [6.07, 6.45) is -0.594. The van der Waals surface area contributed by atoms with E-state index in [1.807, 2.05) is 27.7 Å². The van der Waals surface area contributed by atoms with Crippen LogP contribution in [0.2, 0.25) is 0 Å². The minimum Gasteiger partial charge on any atom is -0.488 e. The number of rotatable bonds is 8. The molecule has 2 aromatic carbocycles. The number of urea groups is 1. The van der Waals surface area contributed by atoms with Crippen LogP contribution in [-0.4, -0.2) is 79.6 Å². The van der Waals surface area contributed by atoms with Crippen molar-refractivity contribution in [3.05, 3.63) is 53.6 Å². The van der Waals surface area contributed by atoms with Crippen molar-refractivity contribution >= 4 is 27.6 Å². The maximum atomic E-state index is 13.6. The molecule has 3 atom stereocenters. The number of benzene rings is 2. The van der Waals surface area contributed by atoms with E-state index in [0.717, 1.165) is 5.56 Å². The van der Waals surface area contributed by atoms with Gasteiger partial charge in [0, 0.05) is 31.2 Å². The molecule has 11 heteroatoms. The monoisotopic (exact) mass is 546 g/mol. The third kappa shape index (κ3) is 6.83. The summed E-state index contributed by atoms with van der Waals surface area (Å²) in [5.74, 6) is -0.329. The second-order valence-electron chi connectivity index (χ2n) is 10.2. The maximum Gasteiger partial charge on any atom is 0.319 e. The highest BCUT2D eigenvalue weighted by Crippen LogP contribution is 2.31. The van der Waals surface area contributed by atoms with Crippen LogP contribution in [0, 0.1) is 12.8 Å². The molecule has 0 fully saturated rings. The largest absolute Gasteiger partial charge is 0.488 e. The number of hydrogen-bond acceptors (Lipinski definition) is 6. The zero-order valence-electron chi connectivity index (χ0n) is 22.8. The molecule has 0 aliphatic carbocycles. The fourth-order valence-corrected chi connectivity index (χ4v) is 5.37. The number of anilines is 1. The molecule has 38 heavy (non-hydrogen) atoms. The number of hydrogen-bond donors (Lipinski definition) is 3. The number of aliphatic hydroxyl groups is 1. The van der Waals surface area contributed by atoms with Crippen molar-refractivity contribution in [2.45, 2.75) is 57.7 Å². The Morgan fingerprint density at radius 3 is 2.45 bits per heavy atom. The maximum absolute atomic E-state index is 13.6. The van der Waals surface area contributed by atoms with Gasteiger partial charge in [-0.2, -0.15) is 4.31 Å². The molecule has 0 spiro atoms. The van der Waals surface area contributed by atoms with Crippen LogP contribution < -0.4 is 15.4 Å². The van der Waals surface area contributed by atoms with E-state index >= 15 is 0 Å². The summed E-state index contributed by atoms with van der Waals surface area (Å²) in [6.45, 7) is 9.24. The van der Waals surface area contributed by atoms with Crippen LogP contribution in [0.4, 0.5) is 10.5 Å². The normalized spacial score (nSPS) is 18.9. The van der Waals surface area contributed by atoms with Crippen LogP contribution in [0.3, 0.4) is 0 Å². The Bertz CT molecular complexity index is 1250. The van der Waals surface area contributed by atoms with Crippen LogP contribution in [-0.2, 0) is 10.0 Å². The predicted molar refractivity (Wildman–Crippen MR) is 146 cm³/mol. The number of ether oxygens (including phenoxy) is 1. The Morgan fingerprint density at radius 2 is 1.84 bits per heavy atom. The van der Waals surface area contributed by atoms with Gasteiger partial charge in [-0.1, -0.05) is 24.6 Å². The third-order valence-electron chi connectivity index (χ3n) is 6.51. The van der Waals surface area contributed by atoms with Crippen LogP contribution in [0.1, 0.15) is 43.6 Å². The number of carbonyl (C=O) groups is 2. The molecule has 1 heterocycles. The summed E-state index contributed by atoms with van der Waals surface area (Å²) in [4.78, 5) is 27.5. The first-order valence-corrected chi connectivity index (χ1v) is 14.1. The van der Waals surface area contributed by atoms with Crippen molar-refractivity contribution in [1.82, 2.24) is 14.5 Å². The van der Waals surface area contributed by atoms with E-state index in [4.69, 9.17) is 4.74 Å². The van der Waals surface area contributed by atoms with E-state index in [0.29, 0.717) is 5.69 Å². The van der Waals surface area contributed by atoms with Gasteiger partial charge in [0.2, 0.25) is 10.0 Å². The highest BCUT2D eigenvalue weighted by molar-refractivity contribution is 7.89. The average Bonchev–Trinajstić information content (AvgIpc) is 2.85. The van der Waals surface area contributed by atoms with Gasteiger partial charge in [-0.3, -0.25) is 4.79 Å². The molecule has 3 amide bonds. The molecule has 3 N–H and O–H groups in total. The second-order valence-corrected chi connectivity index (χ2v) is 12.2. The number of nitrogens with zero attached hydrogens (tertiary/aromatic N) is 2. The number of amides is 3. The van der Waals surface area contributed by atoms with Gasteiger partial charge < -0.3 is 25.4 Å². The van der Waals surface area contributed by atoms with Crippen LogP contribution in [0.5, 0.6) is 5.75 Å². The number of likely N-dealkylation sites (N-methyl/N-ethyl adjacent to an activating group) is 1. The summed E-state index contributed by atoms with van der Waals surface area (Å²) < 4.78 is 34.0. The van der Waals surface area contributed by atoms with Gasteiger partial charge in [0.15, 0.2) is 0 Å². The van der Waals surface area contributed by atoms with Crippen molar-refractivity contribution in [3.8, 4) is 5.75 Å². The second kappa shape index (κ2) is 12.1. The molecule has 0 unspecified atom stereocenters. The van der Waals surface area contributed by atoms with Gasteiger partial charge in [-0.05, 0) is 58.0 Å². The molecule has 0 saturated carbocycles. The summed E-state index contributed by atoms with van der Waals surface area (Å²) in [7, 11) is -2.27. The number of sulfonamides is 1. The van der Waals surface area contributed by atoms with E-state index in [2.05, 4.69) is 10.6 Å². The van der Waals surface area contributed by atoms with Gasteiger partial charge in [0.1, 0.15) is 11.9 Å². The number of aryl methyl sites for hydroxylation is 1. The lowest BCUT2D eigenvalue weighted by molar-refractivity contribution is 0.0387. The van der Waals surface area contributed by atoms with Gasteiger partial charge in [0.25, 0.3) is 5.91 Å². The minimum absolute atomic E-state index is 0.0448. The van der Waals surface area contributed by atoms with Crippen LogP contribution in [0.15, 0.2) is 47.4 Å². The van der Waals surface area contributed by atoms with Gasteiger partial charge >= 0.3 is 6.03 Å². The molecule has 1 aliphatic heterocycles. The lowest BCUT2D eigenvalue weighted by Gasteiger charge is -2.38. The molecule has 0 radical (unpaired) electrons. The SMILES string of the molecule is Cc1ccc(S(=O)(=O)N(C)C[C@H]2Oc3ccc(NC(=O)NC(C)C)cc3C(=O)N([C@H](C)CO)C[C@H]2C)cc1. The number of fused-ring (bicyclic) bond motifs is 1. The minimum atomic E-state index is -3.77. The molecule has 0 bridgehead atoms. The number of nitrogens with one attached hydrogen (secondary N) is 2. The quantitative estimate of drug-likeness (QED) is 0.467. The van der Waals surface area contributed by atoms with Crippen LogP contribution in [0.25, 0.3) is 0 Å². The number of carbonyl (C=O) groups excluding carboxylic acids is 2. The molecule has 0 saturated heterocycles. The lowest BCUT2D eigenvalue weighted by atomic mass is 9.99. The molecule has 2 aromatic rings. The first kappa shape index (κ1) is 29.4. The Labute approximate surface area is 225 Å².